The van der Waals surface area contributed by atoms with E-state index in [-0.39, 0.29) is 18.2 Å². The van der Waals surface area contributed by atoms with E-state index in [1.54, 1.807) is 18.6 Å². The monoisotopic (exact) mass is 412 g/mol. The van der Waals surface area contributed by atoms with Gasteiger partial charge in [0.15, 0.2) is 0 Å². The number of nitriles is 1. The SMILES string of the molecule is N#Cc1ccc(Cc2cc3c(=O)n([C@H]4CCOC[C@@H]4O)cnc3c3ccccc23)cn1. The Hall–Kier alpha value is -3.60. The summed E-state index contributed by atoms with van der Waals surface area (Å²) < 4.78 is 6.85. The van der Waals surface area contributed by atoms with Crippen molar-refractivity contribution in [3.8, 4) is 6.07 Å². The molecule has 0 aliphatic carbocycles. The Morgan fingerprint density at radius 1 is 1.16 bits per heavy atom. The fraction of sp³-hybridized carbons (Fsp3) is 0.250. The summed E-state index contributed by atoms with van der Waals surface area (Å²) in [6.07, 6.45) is 3.63. The smallest absolute Gasteiger partial charge is 0.261 e. The summed E-state index contributed by atoms with van der Waals surface area (Å²) in [6, 6.07) is 15.0. The average molecular weight is 412 g/mol. The molecule has 0 amide bonds. The fourth-order valence-electron chi connectivity index (χ4n) is 4.28. The number of nitrogens with zero attached hydrogens (tertiary/aromatic N) is 4. The van der Waals surface area contributed by atoms with Crippen LogP contribution in [0.2, 0.25) is 0 Å². The first kappa shape index (κ1) is 19.4. The fourth-order valence-corrected chi connectivity index (χ4v) is 4.28. The van der Waals surface area contributed by atoms with E-state index in [0.717, 1.165) is 21.9 Å². The zero-order valence-corrected chi connectivity index (χ0v) is 16.7. The Bertz CT molecular complexity index is 1370. The van der Waals surface area contributed by atoms with Gasteiger partial charge in [-0.2, -0.15) is 5.26 Å². The van der Waals surface area contributed by atoms with E-state index in [4.69, 9.17) is 10.00 Å². The molecule has 31 heavy (non-hydrogen) atoms. The van der Waals surface area contributed by atoms with Crippen molar-refractivity contribution >= 4 is 21.7 Å². The molecule has 7 nitrogen and oxygen atoms in total. The first-order valence-electron chi connectivity index (χ1n) is 10.2. The van der Waals surface area contributed by atoms with Crippen molar-refractivity contribution in [1.29, 1.82) is 5.26 Å². The molecule has 7 heteroatoms. The predicted octanol–water partition coefficient (Wildman–Crippen LogP) is 2.73. The van der Waals surface area contributed by atoms with Gasteiger partial charge in [0.1, 0.15) is 11.8 Å². The van der Waals surface area contributed by atoms with Gasteiger partial charge in [-0.3, -0.25) is 9.36 Å². The van der Waals surface area contributed by atoms with E-state index in [0.29, 0.717) is 36.0 Å². The molecule has 1 N–H and O–H groups in total. The van der Waals surface area contributed by atoms with Crippen molar-refractivity contribution in [3.05, 3.63) is 82.2 Å². The number of rotatable bonds is 3. The maximum Gasteiger partial charge on any atom is 0.261 e. The Balaban J connectivity index is 1.68. The molecule has 0 radical (unpaired) electrons. The van der Waals surface area contributed by atoms with Crippen LogP contribution in [-0.2, 0) is 11.2 Å². The first-order chi connectivity index (χ1) is 15.2. The standard InChI is InChI=1S/C24H20N4O3/c25-11-17-6-5-15(12-26-17)9-16-10-20-23(19-4-2-1-3-18(16)19)27-14-28(24(20)30)21-7-8-31-13-22(21)29/h1-6,10,12,14,21-22,29H,7-9,13H2/t21-,22-/m0/s1. The molecule has 1 saturated heterocycles. The highest BCUT2D eigenvalue weighted by Gasteiger charge is 2.27. The van der Waals surface area contributed by atoms with E-state index in [1.165, 1.54) is 4.57 Å². The highest BCUT2D eigenvalue weighted by molar-refractivity contribution is 6.06. The molecule has 2 aromatic carbocycles. The van der Waals surface area contributed by atoms with Gasteiger partial charge in [0.05, 0.1) is 36.0 Å². The number of hydrogen-bond acceptors (Lipinski definition) is 6. The molecule has 154 valence electrons. The lowest BCUT2D eigenvalue weighted by Gasteiger charge is -2.29. The van der Waals surface area contributed by atoms with Crippen LogP contribution in [0.1, 0.15) is 29.3 Å². The molecule has 1 fully saturated rings. The third-order valence-corrected chi connectivity index (χ3v) is 5.86. The minimum atomic E-state index is -0.740. The van der Waals surface area contributed by atoms with Crippen LogP contribution in [0.25, 0.3) is 21.7 Å². The Labute approximate surface area is 178 Å². The molecule has 1 aliphatic heterocycles. The van der Waals surface area contributed by atoms with Crippen LogP contribution >= 0.6 is 0 Å². The summed E-state index contributed by atoms with van der Waals surface area (Å²) in [5.74, 6) is 0. The zero-order valence-electron chi connectivity index (χ0n) is 16.7. The summed E-state index contributed by atoms with van der Waals surface area (Å²) in [6.45, 7) is 0.713. The lowest BCUT2D eigenvalue weighted by atomic mass is 9.96. The second kappa shape index (κ2) is 7.91. The number of fused-ring (bicyclic) bond motifs is 3. The van der Waals surface area contributed by atoms with Gasteiger partial charge in [-0.05, 0) is 41.5 Å². The summed E-state index contributed by atoms with van der Waals surface area (Å²) in [7, 11) is 0. The lowest BCUT2D eigenvalue weighted by molar-refractivity contribution is -0.0395. The molecule has 0 spiro atoms. The highest BCUT2D eigenvalue weighted by atomic mass is 16.5. The third-order valence-electron chi connectivity index (χ3n) is 5.86. The molecule has 0 bridgehead atoms. The van der Waals surface area contributed by atoms with Crippen molar-refractivity contribution in [1.82, 2.24) is 14.5 Å². The van der Waals surface area contributed by atoms with Gasteiger partial charge in [0.2, 0.25) is 0 Å². The third kappa shape index (κ3) is 3.46. The van der Waals surface area contributed by atoms with Crippen molar-refractivity contribution in [2.75, 3.05) is 13.2 Å². The lowest BCUT2D eigenvalue weighted by Crippen LogP contribution is -2.39. The molecule has 0 saturated carbocycles. The summed E-state index contributed by atoms with van der Waals surface area (Å²) in [5, 5.41) is 21.8. The summed E-state index contributed by atoms with van der Waals surface area (Å²) >= 11 is 0. The zero-order chi connectivity index (χ0) is 21.4. The summed E-state index contributed by atoms with van der Waals surface area (Å²) in [4.78, 5) is 22.2. The van der Waals surface area contributed by atoms with Crippen LogP contribution in [-0.4, -0.2) is 39.0 Å². The minimum absolute atomic E-state index is 0.166. The number of aromatic nitrogens is 3. The van der Waals surface area contributed by atoms with Crippen molar-refractivity contribution in [2.24, 2.45) is 0 Å². The van der Waals surface area contributed by atoms with Gasteiger partial charge in [-0.15, -0.1) is 0 Å². The second-order valence-electron chi connectivity index (χ2n) is 7.77. The van der Waals surface area contributed by atoms with Crippen LogP contribution in [0.5, 0.6) is 0 Å². The normalized spacial score (nSPS) is 18.8. The number of ether oxygens (including phenoxy) is 1. The van der Waals surface area contributed by atoms with Crippen molar-refractivity contribution in [2.45, 2.75) is 25.0 Å². The van der Waals surface area contributed by atoms with Gasteiger partial charge in [0.25, 0.3) is 5.56 Å². The largest absolute Gasteiger partial charge is 0.389 e. The van der Waals surface area contributed by atoms with Gasteiger partial charge in [-0.1, -0.05) is 30.3 Å². The minimum Gasteiger partial charge on any atom is -0.389 e. The molecule has 4 aromatic rings. The van der Waals surface area contributed by atoms with E-state index < -0.39 is 6.10 Å². The van der Waals surface area contributed by atoms with Crippen LogP contribution < -0.4 is 5.56 Å². The highest BCUT2D eigenvalue weighted by Crippen LogP contribution is 2.28. The summed E-state index contributed by atoms with van der Waals surface area (Å²) in [5.41, 5.74) is 2.79. The van der Waals surface area contributed by atoms with Gasteiger partial charge < -0.3 is 9.84 Å². The number of benzene rings is 2. The van der Waals surface area contributed by atoms with Crippen LogP contribution in [0.4, 0.5) is 0 Å². The Morgan fingerprint density at radius 2 is 2.00 bits per heavy atom. The molecule has 0 unspecified atom stereocenters. The maximum absolute atomic E-state index is 13.4. The average Bonchev–Trinajstić information content (AvgIpc) is 2.81. The first-order valence-corrected chi connectivity index (χ1v) is 10.2. The topological polar surface area (TPSA) is 101 Å². The second-order valence-corrected chi connectivity index (χ2v) is 7.77. The van der Waals surface area contributed by atoms with Crippen LogP contribution in [0.15, 0.2) is 59.8 Å². The van der Waals surface area contributed by atoms with Gasteiger partial charge >= 0.3 is 0 Å². The number of pyridine rings is 1. The predicted molar refractivity (Wildman–Crippen MR) is 116 cm³/mol. The van der Waals surface area contributed by atoms with E-state index in [9.17, 15) is 9.90 Å². The van der Waals surface area contributed by atoms with Crippen molar-refractivity contribution < 1.29 is 9.84 Å². The van der Waals surface area contributed by atoms with E-state index in [1.807, 2.05) is 42.5 Å². The van der Waals surface area contributed by atoms with Crippen molar-refractivity contribution in [3.63, 3.8) is 0 Å². The molecule has 2 aromatic heterocycles. The Morgan fingerprint density at radius 3 is 2.74 bits per heavy atom. The maximum atomic E-state index is 13.4. The number of aliphatic hydroxyl groups is 1. The molecule has 2 atom stereocenters. The van der Waals surface area contributed by atoms with Gasteiger partial charge in [0, 0.05) is 18.2 Å². The van der Waals surface area contributed by atoms with E-state index in [2.05, 4.69) is 9.97 Å². The molecule has 1 aliphatic rings. The molecule has 3 heterocycles. The van der Waals surface area contributed by atoms with Crippen LogP contribution in [0, 0.1) is 11.3 Å². The Kier molecular flexibility index (Phi) is 4.94. The number of aliphatic hydroxyl groups excluding tert-OH is 1. The van der Waals surface area contributed by atoms with Gasteiger partial charge in [-0.25, -0.2) is 9.97 Å². The molecular formula is C24H20N4O3. The molecular weight excluding hydrogens is 392 g/mol. The van der Waals surface area contributed by atoms with Crippen LogP contribution in [0.3, 0.4) is 0 Å². The van der Waals surface area contributed by atoms with E-state index >= 15 is 0 Å². The molecule has 5 rings (SSSR count). The number of hydrogen-bond donors (Lipinski definition) is 1. The quantitative estimate of drug-likeness (QED) is 0.519.